The van der Waals surface area contributed by atoms with Crippen LogP contribution in [-0.2, 0) is 0 Å². The predicted molar refractivity (Wildman–Crippen MR) is 65.1 cm³/mol. The van der Waals surface area contributed by atoms with Crippen molar-refractivity contribution in [2.24, 2.45) is 5.92 Å². The van der Waals surface area contributed by atoms with Gasteiger partial charge in [-0.2, -0.15) is 0 Å². The molecular weight excluding hydrogens is 200 g/mol. The van der Waals surface area contributed by atoms with Gasteiger partial charge in [-0.1, -0.05) is 6.07 Å². The van der Waals surface area contributed by atoms with Crippen LogP contribution in [0.25, 0.3) is 0 Å². The van der Waals surface area contributed by atoms with Gasteiger partial charge in [-0.05, 0) is 43.9 Å². The maximum atomic E-state index is 12.1. The standard InChI is InChI=1S/C13H18N2O/c1-9(10-6-7-10)15(2)13(16)11-4-3-5-12(14)8-11/h3-5,8-10H,6-7,14H2,1-2H3. The molecule has 0 saturated heterocycles. The van der Waals surface area contributed by atoms with Gasteiger partial charge in [-0.25, -0.2) is 0 Å². The lowest BCUT2D eigenvalue weighted by Crippen LogP contribution is -2.36. The van der Waals surface area contributed by atoms with Crippen molar-refractivity contribution >= 4 is 11.6 Å². The highest BCUT2D eigenvalue weighted by Gasteiger charge is 2.32. The van der Waals surface area contributed by atoms with E-state index in [1.807, 2.05) is 24.1 Å². The van der Waals surface area contributed by atoms with Crippen LogP contribution in [0.1, 0.15) is 30.1 Å². The van der Waals surface area contributed by atoms with Crippen molar-refractivity contribution in [1.82, 2.24) is 4.90 Å². The molecule has 16 heavy (non-hydrogen) atoms. The molecule has 3 heteroatoms. The van der Waals surface area contributed by atoms with E-state index in [1.165, 1.54) is 12.8 Å². The smallest absolute Gasteiger partial charge is 0.253 e. The molecule has 86 valence electrons. The van der Waals surface area contributed by atoms with E-state index >= 15 is 0 Å². The first-order valence-electron chi connectivity index (χ1n) is 5.72. The van der Waals surface area contributed by atoms with Crippen LogP contribution in [0.2, 0.25) is 0 Å². The summed E-state index contributed by atoms with van der Waals surface area (Å²) >= 11 is 0. The molecule has 1 saturated carbocycles. The lowest BCUT2D eigenvalue weighted by Gasteiger charge is -2.25. The molecule has 1 unspecified atom stereocenters. The molecule has 1 fully saturated rings. The summed E-state index contributed by atoms with van der Waals surface area (Å²) in [5.41, 5.74) is 6.99. The molecule has 1 amide bonds. The molecule has 2 rings (SSSR count). The second-order valence-electron chi connectivity index (χ2n) is 4.62. The summed E-state index contributed by atoms with van der Waals surface area (Å²) in [4.78, 5) is 14.0. The quantitative estimate of drug-likeness (QED) is 0.790. The van der Waals surface area contributed by atoms with Crippen LogP contribution in [0.15, 0.2) is 24.3 Å². The minimum Gasteiger partial charge on any atom is -0.399 e. The first-order chi connectivity index (χ1) is 7.59. The molecule has 0 heterocycles. The Morgan fingerprint density at radius 1 is 1.50 bits per heavy atom. The second-order valence-corrected chi connectivity index (χ2v) is 4.62. The van der Waals surface area contributed by atoms with Crippen molar-refractivity contribution in [3.8, 4) is 0 Å². The first kappa shape index (κ1) is 11.0. The summed E-state index contributed by atoms with van der Waals surface area (Å²) in [6, 6.07) is 7.49. The average molecular weight is 218 g/mol. The summed E-state index contributed by atoms with van der Waals surface area (Å²) in [6.45, 7) is 2.11. The molecule has 1 aromatic carbocycles. The van der Waals surface area contributed by atoms with Crippen molar-refractivity contribution < 1.29 is 4.79 Å². The third-order valence-corrected chi connectivity index (χ3v) is 3.37. The summed E-state index contributed by atoms with van der Waals surface area (Å²) in [5.74, 6) is 0.752. The van der Waals surface area contributed by atoms with Gasteiger partial charge >= 0.3 is 0 Å². The van der Waals surface area contributed by atoms with E-state index in [0.717, 1.165) is 0 Å². The van der Waals surface area contributed by atoms with Crippen molar-refractivity contribution in [3.63, 3.8) is 0 Å². The Hall–Kier alpha value is -1.51. The van der Waals surface area contributed by atoms with E-state index in [1.54, 1.807) is 12.1 Å². The maximum Gasteiger partial charge on any atom is 0.253 e. The van der Waals surface area contributed by atoms with Gasteiger partial charge in [0.15, 0.2) is 0 Å². The topological polar surface area (TPSA) is 46.3 Å². The lowest BCUT2D eigenvalue weighted by atomic mass is 10.1. The Bertz CT molecular complexity index is 399. The van der Waals surface area contributed by atoms with E-state index in [4.69, 9.17) is 5.73 Å². The van der Waals surface area contributed by atoms with Crippen molar-refractivity contribution in [3.05, 3.63) is 29.8 Å². The fourth-order valence-corrected chi connectivity index (χ4v) is 1.96. The number of anilines is 1. The fourth-order valence-electron chi connectivity index (χ4n) is 1.96. The number of hydrogen-bond donors (Lipinski definition) is 1. The number of carbonyl (C=O) groups excluding carboxylic acids is 1. The first-order valence-corrected chi connectivity index (χ1v) is 5.72. The number of carbonyl (C=O) groups is 1. The molecule has 1 atom stereocenters. The minimum absolute atomic E-state index is 0.0618. The van der Waals surface area contributed by atoms with E-state index in [-0.39, 0.29) is 5.91 Å². The van der Waals surface area contributed by atoms with Crippen LogP contribution in [0.3, 0.4) is 0 Å². The third kappa shape index (κ3) is 2.18. The molecule has 0 aromatic heterocycles. The predicted octanol–water partition coefficient (Wildman–Crippen LogP) is 2.14. The van der Waals surface area contributed by atoms with Gasteiger partial charge in [0.2, 0.25) is 0 Å². The lowest BCUT2D eigenvalue weighted by molar-refractivity contribution is 0.0727. The molecular formula is C13H18N2O. The van der Waals surface area contributed by atoms with Gasteiger partial charge in [0.1, 0.15) is 0 Å². The molecule has 2 N–H and O–H groups in total. The van der Waals surface area contributed by atoms with Crippen LogP contribution in [0.4, 0.5) is 5.69 Å². The number of benzene rings is 1. The monoisotopic (exact) mass is 218 g/mol. The Morgan fingerprint density at radius 2 is 2.19 bits per heavy atom. The van der Waals surface area contributed by atoms with Crippen molar-refractivity contribution in [2.75, 3.05) is 12.8 Å². The number of nitrogens with zero attached hydrogens (tertiary/aromatic N) is 1. The van der Waals surface area contributed by atoms with E-state index < -0.39 is 0 Å². The number of hydrogen-bond acceptors (Lipinski definition) is 2. The molecule has 0 aliphatic heterocycles. The van der Waals surface area contributed by atoms with Crippen LogP contribution in [0, 0.1) is 5.92 Å². The van der Waals surface area contributed by atoms with E-state index in [0.29, 0.717) is 23.2 Å². The Kier molecular flexibility index (Phi) is 2.86. The average Bonchev–Trinajstić information content (AvgIpc) is 3.10. The number of amides is 1. The highest BCUT2D eigenvalue weighted by atomic mass is 16.2. The Morgan fingerprint density at radius 3 is 2.75 bits per heavy atom. The molecule has 3 nitrogen and oxygen atoms in total. The number of rotatable bonds is 3. The Balaban J connectivity index is 2.11. The third-order valence-electron chi connectivity index (χ3n) is 3.37. The van der Waals surface area contributed by atoms with Crippen LogP contribution < -0.4 is 5.73 Å². The normalized spacial score (nSPS) is 16.9. The molecule has 0 radical (unpaired) electrons. The van der Waals surface area contributed by atoms with Gasteiger partial charge in [0.05, 0.1) is 0 Å². The number of nitrogens with two attached hydrogens (primary N) is 1. The SMILES string of the molecule is CC(C1CC1)N(C)C(=O)c1cccc(N)c1. The highest BCUT2D eigenvalue weighted by Crippen LogP contribution is 2.35. The molecule has 0 bridgehead atoms. The van der Waals surface area contributed by atoms with Crippen molar-refractivity contribution in [1.29, 1.82) is 0 Å². The summed E-state index contributed by atoms with van der Waals surface area (Å²) in [7, 11) is 1.87. The molecule has 1 aromatic rings. The molecule has 1 aliphatic carbocycles. The number of nitrogen functional groups attached to an aromatic ring is 1. The van der Waals surface area contributed by atoms with Crippen LogP contribution in [0.5, 0.6) is 0 Å². The summed E-state index contributed by atoms with van der Waals surface area (Å²) < 4.78 is 0. The fraction of sp³-hybridized carbons (Fsp3) is 0.462. The zero-order valence-electron chi connectivity index (χ0n) is 9.81. The maximum absolute atomic E-state index is 12.1. The van der Waals surface area contributed by atoms with Gasteiger partial charge in [-0.3, -0.25) is 4.79 Å². The molecule has 0 spiro atoms. The highest BCUT2D eigenvalue weighted by molar-refractivity contribution is 5.95. The van der Waals surface area contributed by atoms with E-state index in [2.05, 4.69) is 6.92 Å². The summed E-state index contributed by atoms with van der Waals surface area (Å²) in [5, 5.41) is 0. The van der Waals surface area contributed by atoms with Gasteiger partial charge in [-0.15, -0.1) is 0 Å². The van der Waals surface area contributed by atoms with E-state index in [9.17, 15) is 4.79 Å². The van der Waals surface area contributed by atoms with Crippen LogP contribution >= 0.6 is 0 Å². The zero-order chi connectivity index (χ0) is 11.7. The Labute approximate surface area is 96.2 Å². The largest absolute Gasteiger partial charge is 0.399 e. The van der Waals surface area contributed by atoms with Crippen molar-refractivity contribution in [2.45, 2.75) is 25.8 Å². The summed E-state index contributed by atoms with van der Waals surface area (Å²) in [6.07, 6.45) is 2.49. The van der Waals surface area contributed by atoms with Crippen LogP contribution in [-0.4, -0.2) is 23.9 Å². The van der Waals surface area contributed by atoms with Gasteiger partial charge < -0.3 is 10.6 Å². The van der Waals surface area contributed by atoms with Gasteiger partial charge in [0, 0.05) is 24.3 Å². The molecule has 1 aliphatic rings. The zero-order valence-corrected chi connectivity index (χ0v) is 9.81. The van der Waals surface area contributed by atoms with Gasteiger partial charge in [0.25, 0.3) is 5.91 Å². The minimum atomic E-state index is 0.0618. The second kappa shape index (κ2) is 4.16.